The highest BCUT2D eigenvalue weighted by atomic mass is 16.3. The van der Waals surface area contributed by atoms with E-state index in [-0.39, 0.29) is 6.10 Å². The lowest BCUT2D eigenvalue weighted by atomic mass is 9.73. The van der Waals surface area contributed by atoms with E-state index in [4.69, 9.17) is 0 Å². The molecule has 20 heavy (non-hydrogen) atoms. The third-order valence-electron chi connectivity index (χ3n) is 6.00. The predicted octanol–water partition coefficient (Wildman–Crippen LogP) is 2.20. The summed E-state index contributed by atoms with van der Waals surface area (Å²) in [4.78, 5) is 5.36. The Kier molecular flexibility index (Phi) is 4.68. The van der Waals surface area contributed by atoms with Gasteiger partial charge in [0.1, 0.15) is 0 Å². The highest BCUT2D eigenvalue weighted by Crippen LogP contribution is 2.34. The molecule has 5 atom stereocenters. The van der Waals surface area contributed by atoms with Gasteiger partial charge < -0.3 is 10.0 Å². The molecule has 2 aliphatic heterocycles. The minimum atomic E-state index is -0.0725. The van der Waals surface area contributed by atoms with Gasteiger partial charge >= 0.3 is 0 Å². The summed E-state index contributed by atoms with van der Waals surface area (Å²) >= 11 is 0. The smallest absolute Gasteiger partial charge is 0.0585 e. The van der Waals surface area contributed by atoms with E-state index in [0.29, 0.717) is 17.8 Å². The summed E-state index contributed by atoms with van der Waals surface area (Å²) in [5.41, 5.74) is 0. The molecule has 3 heteroatoms. The normalized spacial score (nSPS) is 44.2. The van der Waals surface area contributed by atoms with E-state index < -0.39 is 0 Å². The number of hydrogen-bond acceptors (Lipinski definition) is 3. The average Bonchev–Trinajstić information content (AvgIpc) is 2.72. The van der Waals surface area contributed by atoms with Crippen molar-refractivity contribution in [1.29, 1.82) is 0 Å². The topological polar surface area (TPSA) is 26.7 Å². The Morgan fingerprint density at radius 3 is 2.65 bits per heavy atom. The van der Waals surface area contributed by atoms with E-state index in [0.717, 1.165) is 19.0 Å². The van der Waals surface area contributed by atoms with Gasteiger partial charge in [-0.3, -0.25) is 4.90 Å². The van der Waals surface area contributed by atoms with Gasteiger partial charge in [0.15, 0.2) is 0 Å². The van der Waals surface area contributed by atoms with Crippen molar-refractivity contribution >= 4 is 0 Å². The van der Waals surface area contributed by atoms with Crippen molar-refractivity contribution in [3.8, 4) is 0 Å². The third-order valence-corrected chi connectivity index (χ3v) is 6.00. The Hall–Kier alpha value is -0.120. The Morgan fingerprint density at radius 1 is 1.05 bits per heavy atom. The van der Waals surface area contributed by atoms with Crippen LogP contribution in [0.5, 0.6) is 0 Å². The molecular weight excluding hydrogens is 248 g/mol. The molecule has 116 valence electrons. The van der Waals surface area contributed by atoms with Crippen LogP contribution >= 0.6 is 0 Å². The summed E-state index contributed by atoms with van der Waals surface area (Å²) in [6.45, 7) is 10.9. The Morgan fingerprint density at radius 2 is 1.85 bits per heavy atom. The Bertz CT molecular complexity index is 310. The van der Waals surface area contributed by atoms with Crippen LogP contribution in [0.3, 0.4) is 0 Å². The summed E-state index contributed by atoms with van der Waals surface area (Å²) in [6.07, 6.45) is 6.32. The van der Waals surface area contributed by atoms with Crippen LogP contribution in [0.15, 0.2) is 0 Å². The number of aliphatic hydroxyl groups is 1. The minimum absolute atomic E-state index is 0.0725. The first-order valence-corrected chi connectivity index (χ1v) is 8.78. The fourth-order valence-corrected chi connectivity index (χ4v) is 4.92. The van der Waals surface area contributed by atoms with Crippen LogP contribution in [0.4, 0.5) is 0 Å². The number of rotatable bonds is 2. The molecule has 5 unspecified atom stereocenters. The zero-order valence-corrected chi connectivity index (χ0v) is 13.3. The summed E-state index contributed by atoms with van der Waals surface area (Å²) in [5, 5.41) is 10.5. The molecule has 3 rings (SSSR count). The number of nitrogens with zero attached hydrogens (tertiary/aromatic N) is 2. The lowest BCUT2D eigenvalue weighted by molar-refractivity contribution is -0.00276. The average molecular weight is 280 g/mol. The zero-order chi connectivity index (χ0) is 14.1. The van der Waals surface area contributed by atoms with Crippen molar-refractivity contribution in [3.05, 3.63) is 0 Å². The van der Waals surface area contributed by atoms with E-state index in [2.05, 4.69) is 23.6 Å². The molecule has 0 aromatic carbocycles. The maximum absolute atomic E-state index is 10.5. The van der Waals surface area contributed by atoms with E-state index in [1.54, 1.807) is 0 Å². The molecule has 0 amide bonds. The van der Waals surface area contributed by atoms with Gasteiger partial charge in [-0.05, 0) is 63.6 Å². The second-order valence-electron chi connectivity index (χ2n) is 7.73. The maximum atomic E-state index is 10.5. The molecule has 0 spiro atoms. The first-order chi connectivity index (χ1) is 9.63. The van der Waals surface area contributed by atoms with Gasteiger partial charge in [0.05, 0.1) is 6.10 Å². The van der Waals surface area contributed by atoms with Crippen molar-refractivity contribution in [2.45, 2.75) is 58.1 Å². The third kappa shape index (κ3) is 3.20. The van der Waals surface area contributed by atoms with Crippen molar-refractivity contribution in [2.24, 2.45) is 17.8 Å². The molecule has 0 aromatic rings. The minimum Gasteiger partial charge on any atom is -0.393 e. The standard InChI is InChI=1S/C17H32N2O/c1-13-9-14(2)16(17(20)10-13)12-18-6-4-8-19-7-3-5-15(19)11-18/h13-17,20H,3-12H2,1-2H3. The number of hydrogen-bond donors (Lipinski definition) is 1. The van der Waals surface area contributed by atoms with Crippen LogP contribution in [0.1, 0.15) is 46.0 Å². The van der Waals surface area contributed by atoms with Crippen molar-refractivity contribution in [2.75, 3.05) is 32.7 Å². The number of fused-ring (bicyclic) bond motifs is 1. The molecule has 3 nitrogen and oxygen atoms in total. The molecule has 1 aliphatic carbocycles. The van der Waals surface area contributed by atoms with E-state index in [1.807, 2.05) is 0 Å². The monoisotopic (exact) mass is 280 g/mol. The van der Waals surface area contributed by atoms with Crippen molar-refractivity contribution < 1.29 is 5.11 Å². The van der Waals surface area contributed by atoms with E-state index in [1.165, 1.54) is 51.9 Å². The summed E-state index contributed by atoms with van der Waals surface area (Å²) in [7, 11) is 0. The number of aliphatic hydroxyl groups excluding tert-OH is 1. The van der Waals surface area contributed by atoms with Crippen molar-refractivity contribution in [1.82, 2.24) is 9.80 Å². The van der Waals surface area contributed by atoms with Crippen LogP contribution in [0.2, 0.25) is 0 Å². The quantitative estimate of drug-likeness (QED) is 0.840. The molecule has 2 heterocycles. The van der Waals surface area contributed by atoms with Gasteiger partial charge in [-0.1, -0.05) is 13.8 Å². The lowest BCUT2D eigenvalue weighted by Crippen LogP contribution is -2.45. The van der Waals surface area contributed by atoms with Gasteiger partial charge in [-0.25, -0.2) is 0 Å². The second-order valence-corrected chi connectivity index (χ2v) is 7.73. The van der Waals surface area contributed by atoms with Crippen LogP contribution in [0.25, 0.3) is 0 Å². The zero-order valence-electron chi connectivity index (χ0n) is 13.3. The summed E-state index contributed by atoms with van der Waals surface area (Å²) in [5.74, 6) is 1.88. The van der Waals surface area contributed by atoms with Crippen LogP contribution in [-0.4, -0.2) is 59.8 Å². The Labute approximate surface area is 124 Å². The van der Waals surface area contributed by atoms with Crippen LogP contribution in [0, 0.1) is 17.8 Å². The lowest BCUT2D eigenvalue weighted by Gasteiger charge is -2.40. The SMILES string of the molecule is CC1CC(C)C(CN2CCCN3CCCC3C2)C(O)C1. The van der Waals surface area contributed by atoms with Gasteiger partial charge in [-0.15, -0.1) is 0 Å². The van der Waals surface area contributed by atoms with Crippen molar-refractivity contribution in [3.63, 3.8) is 0 Å². The largest absolute Gasteiger partial charge is 0.393 e. The predicted molar refractivity (Wildman–Crippen MR) is 82.7 cm³/mol. The van der Waals surface area contributed by atoms with Crippen LogP contribution < -0.4 is 0 Å². The first kappa shape index (κ1) is 14.8. The van der Waals surface area contributed by atoms with Crippen LogP contribution in [-0.2, 0) is 0 Å². The molecule has 0 radical (unpaired) electrons. The molecule has 3 fully saturated rings. The second kappa shape index (κ2) is 6.33. The van der Waals surface area contributed by atoms with E-state index in [9.17, 15) is 5.11 Å². The highest BCUT2D eigenvalue weighted by molar-refractivity contribution is 4.89. The van der Waals surface area contributed by atoms with Gasteiger partial charge in [-0.2, -0.15) is 0 Å². The molecule has 2 saturated heterocycles. The molecule has 1 N–H and O–H groups in total. The summed E-state index contributed by atoms with van der Waals surface area (Å²) < 4.78 is 0. The molecule has 1 saturated carbocycles. The van der Waals surface area contributed by atoms with Gasteiger partial charge in [0.25, 0.3) is 0 Å². The summed E-state index contributed by atoms with van der Waals surface area (Å²) in [6, 6.07) is 0.799. The first-order valence-electron chi connectivity index (χ1n) is 8.78. The Balaban J connectivity index is 1.58. The fraction of sp³-hybridized carbons (Fsp3) is 1.00. The molecular formula is C17H32N2O. The molecule has 0 aromatic heterocycles. The van der Waals surface area contributed by atoms with E-state index >= 15 is 0 Å². The maximum Gasteiger partial charge on any atom is 0.0585 e. The van der Waals surface area contributed by atoms with Gasteiger partial charge in [0, 0.05) is 25.0 Å². The highest BCUT2D eigenvalue weighted by Gasteiger charge is 2.35. The molecule has 0 bridgehead atoms. The van der Waals surface area contributed by atoms with Gasteiger partial charge in [0.2, 0.25) is 0 Å². The molecule has 3 aliphatic rings. The fourth-order valence-electron chi connectivity index (χ4n) is 4.92.